The van der Waals surface area contributed by atoms with Gasteiger partial charge in [-0.05, 0) is 13.3 Å². The van der Waals surface area contributed by atoms with Crippen molar-refractivity contribution in [3.8, 4) is 11.5 Å². The minimum atomic E-state index is 0.841. The van der Waals surface area contributed by atoms with Crippen LogP contribution in [0.3, 0.4) is 0 Å². The molecular weight excluding hydrogens is 222 g/mol. The molecule has 5 nitrogen and oxygen atoms in total. The van der Waals surface area contributed by atoms with Crippen LogP contribution < -0.4 is 5.32 Å². The van der Waals surface area contributed by atoms with Crippen LogP contribution in [0.15, 0.2) is 12.4 Å². The van der Waals surface area contributed by atoms with Crippen LogP contribution in [0.25, 0.3) is 11.5 Å². The largest absolute Gasteiger partial charge is 0.367 e. The first-order chi connectivity index (χ1) is 7.86. The molecule has 2 aromatic rings. The van der Waals surface area contributed by atoms with Gasteiger partial charge in [-0.1, -0.05) is 6.92 Å². The average molecular weight is 237 g/mol. The Kier molecular flexibility index (Phi) is 3.51. The van der Waals surface area contributed by atoms with Gasteiger partial charge in [-0.25, -0.2) is 4.98 Å². The number of hydrogen-bond donors (Lipinski definition) is 1. The monoisotopic (exact) mass is 237 g/mol. The smallest absolute Gasteiger partial charge is 0.171 e. The Morgan fingerprint density at radius 2 is 2.25 bits per heavy atom. The number of nitrogens with zero attached hydrogens (tertiary/aromatic N) is 4. The van der Waals surface area contributed by atoms with Gasteiger partial charge in [-0.15, -0.1) is 0 Å². The molecule has 0 aromatic carbocycles. The summed E-state index contributed by atoms with van der Waals surface area (Å²) in [4.78, 5) is 4.33. The lowest BCUT2D eigenvalue weighted by Crippen LogP contribution is -2.03. The van der Waals surface area contributed by atoms with Crippen LogP contribution in [-0.4, -0.2) is 24.8 Å². The molecule has 16 heavy (non-hydrogen) atoms. The van der Waals surface area contributed by atoms with E-state index in [1.165, 1.54) is 11.7 Å². The summed E-state index contributed by atoms with van der Waals surface area (Å²) in [6.07, 6.45) is 4.82. The van der Waals surface area contributed by atoms with Gasteiger partial charge in [-0.3, -0.25) is 0 Å². The number of hydrogen-bond acceptors (Lipinski definition) is 5. The van der Waals surface area contributed by atoms with Crippen molar-refractivity contribution < 1.29 is 0 Å². The van der Waals surface area contributed by atoms with Gasteiger partial charge in [0.15, 0.2) is 17.3 Å². The Morgan fingerprint density at radius 1 is 1.38 bits per heavy atom. The van der Waals surface area contributed by atoms with E-state index in [0.717, 1.165) is 36.8 Å². The van der Waals surface area contributed by atoms with Crippen molar-refractivity contribution in [2.45, 2.75) is 26.8 Å². The summed E-state index contributed by atoms with van der Waals surface area (Å²) in [6.45, 7) is 6.01. The molecule has 2 rings (SSSR count). The molecule has 0 atom stereocenters. The molecule has 0 aliphatic heterocycles. The number of nitrogens with one attached hydrogen (secondary N) is 1. The fourth-order valence-corrected chi connectivity index (χ4v) is 2.00. The Labute approximate surface area is 98.9 Å². The molecule has 0 fully saturated rings. The number of aromatic nitrogens is 4. The Morgan fingerprint density at radius 3 is 3.00 bits per heavy atom. The Hall–Kier alpha value is -1.43. The number of rotatable bonds is 5. The highest BCUT2D eigenvalue weighted by Gasteiger charge is 2.14. The second-order valence-electron chi connectivity index (χ2n) is 3.43. The van der Waals surface area contributed by atoms with Crippen LogP contribution in [0.4, 0.5) is 5.82 Å². The molecule has 0 radical (unpaired) electrons. The predicted molar refractivity (Wildman–Crippen MR) is 65.6 cm³/mol. The SMILES string of the molecule is CCCNc1nsnc1-c1nccn1CC. The molecule has 86 valence electrons. The highest BCUT2D eigenvalue weighted by molar-refractivity contribution is 6.99. The lowest BCUT2D eigenvalue weighted by Gasteiger charge is -2.04. The van der Waals surface area contributed by atoms with Gasteiger partial charge >= 0.3 is 0 Å². The second kappa shape index (κ2) is 5.07. The van der Waals surface area contributed by atoms with Crippen LogP contribution in [0.2, 0.25) is 0 Å². The number of aryl methyl sites for hydroxylation is 1. The van der Waals surface area contributed by atoms with Gasteiger partial charge in [0.1, 0.15) is 0 Å². The van der Waals surface area contributed by atoms with Crippen molar-refractivity contribution in [2.75, 3.05) is 11.9 Å². The van der Waals surface area contributed by atoms with Crippen molar-refractivity contribution in [3.63, 3.8) is 0 Å². The molecule has 1 N–H and O–H groups in total. The zero-order valence-electron chi connectivity index (χ0n) is 9.47. The third kappa shape index (κ3) is 2.06. The van der Waals surface area contributed by atoms with Crippen molar-refractivity contribution in [2.24, 2.45) is 0 Å². The molecule has 0 aliphatic rings. The van der Waals surface area contributed by atoms with Crippen molar-refractivity contribution in [1.29, 1.82) is 0 Å². The van der Waals surface area contributed by atoms with E-state index in [1.807, 2.05) is 6.20 Å². The quantitative estimate of drug-likeness (QED) is 0.866. The predicted octanol–water partition coefficient (Wildman–Crippen LogP) is 2.24. The number of imidazole rings is 1. The topological polar surface area (TPSA) is 55.6 Å². The first-order valence-corrected chi connectivity index (χ1v) is 6.17. The van der Waals surface area contributed by atoms with Crippen molar-refractivity contribution in [1.82, 2.24) is 18.3 Å². The van der Waals surface area contributed by atoms with E-state index in [4.69, 9.17) is 0 Å². The Bertz CT molecular complexity index is 448. The molecule has 0 bridgehead atoms. The molecule has 0 amide bonds. The van der Waals surface area contributed by atoms with E-state index in [2.05, 4.69) is 37.5 Å². The molecule has 6 heteroatoms. The van der Waals surface area contributed by atoms with Crippen LogP contribution >= 0.6 is 11.7 Å². The fourth-order valence-electron chi connectivity index (χ4n) is 1.48. The van der Waals surface area contributed by atoms with E-state index in [-0.39, 0.29) is 0 Å². The third-order valence-corrected chi connectivity index (χ3v) is 2.83. The summed E-state index contributed by atoms with van der Waals surface area (Å²) in [7, 11) is 0. The maximum absolute atomic E-state index is 4.33. The highest BCUT2D eigenvalue weighted by atomic mass is 32.1. The lowest BCUT2D eigenvalue weighted by molar-refractivity contribution is 0.769. The minimum absolute atomic E-state index is 0.841. The first kappa shape index (κ1) is 11.1. The van der Waals surface area contributed by atoms with Crippen LogP contribution in [0.1, 0.15) is 20.3 Å². The zero-order valence-corrected chi connectivity index (χ0v) is 10.3. The summed E-state index contributed by atoms with van der Waals surface area (Å²) in [5.41, 5.74) is 0.852. The van der Waals surface area contributed by atoms with Gasteiger partial charge in [-0.2, -0.15) is 8.75 Å². The molecule has 0 saturated heterocycles. The van der Waals surface area contributed by atoms with Crippen LogP contribution in [-0.2, 0) is 6.54 Å². The maximum atomic E-state index is 4.33. The molecule has 0 unspecified atom stereocenters. The van der Waals surface area contributed by atoms with Gasteiger partial charge in [0.05, 0.1) is 11.7 Å². The van der Waals surface area contributed by atoms with Gasteiger partial charge < -0.3 is 9.88 Å². The summed E-state index contributed by atoms with van der Waals surface area (Å²) in [6, 6.07) is 0. The fraction of sp³-hybridized carbons (Fsp3) is 0.500. The van der Waals surface area contributed by atoms with Crippen molar-refractivity contribution in [3.05, 3.63) is 12.4 Å². The zero-order chi connectivity index (χ0) is 11.4. The summed E-state index contributed by atoms with van der Waals surface area (Å²) >= 11 is 1.22. The first-order valence-electron chi connectivity index (χ1n) is 5.44. The van der Waals surface area contributed by atoms with E-state index >= 15 is 0 Å². The van der Waals surface area contributed by atoms with E-state index in [1.54, 1.807) is 6.20 Å². The molecule has 2 heterocycles. The molecular formula is C10H15N5S. The van der Waals surface area contributed by atoms with E-state index in [0.29, 0.717) is 0 Å². The summed E-state index contributed by atoms with van der Waals surface area (Å²) in [5.74, 6) is 1.72. The number of anilines is 1. The summed E-state index contributed by atoms with van der Waals surface area (Å²) < 4.78 is 10.6. The van der Waals surface area contributed by atoms with Crippen LogP contribution in [0, 0.1) is 0 Å². The normalized spacial score (nSPS) is 10.6. The molecule has 0 spiro atoms. The Balaban J connectivity index is 2.29. The van der Waals surface area contributed by atoms with Crippen LogP contribution in [0.5, 0.6) is 0 Å². The van der Waals surface area contributed by atoms with E-state index in [9.17, 15) is 0 Å². The maximum Gasteiger partial charge on any atom is 0.171 e. The van der Waals surface area contributed by atoms with Gasteiger partial charge in [0.2, 0.25) is 0 Å². The lowest BCUT2D eigenvalue weighted by atomic mass is 10.3. The molecule has 2 aromatic heterocycles. The minimum Gasteiger partial charge on any atom is -0.367 e. The van der Waals surface area contributed by atoms with Gasteiger partial charge in [0.25, 0.3) is 0 Å². The van der Waals surface area contributed by atoms with E-state index < -0.39 is 0 Å². The molecule has 0 saturated carbocycles. The van der Waals surface area contributed by atoms with Gasteiger partial charge in [0, 0.05) is 25.5 Å². The molecule has 0 aliphatic carbocycles. The standard InChI is InChI=1S/C10H15N5S/c1-3-5-11-9-8(13-16-14-9)10-12-6-7-15(10)4-2/h6-7H,3-5H2,1-2H3,(H,11,14). The second-order valence-corrected chi connectivity index (χ2v) is 3.95. The highest BCUT2D eigenvalue weighted by Crippen LogP contribution is 2.24. The van der Waals surface area contributed by atoms with Crippen molar-refractivity contribution >= 4 is 17.5 Å². The third-order valence-electron chi connectivity index (χ3n) is 2.30. The average Bonchev–Trinajstić information content (AvgIpc) is 2.93. The summed E-state index contributed by atoms with van der Waals surface area (Å²) in [5, 5.41) is 3.27.